The number of unbranched alkanes of at least 4 members (excludes halogenated alkanes) is 1. The second-order valence-corrected chi connectivity index (χ2v) is 6.23. The number of amides is 1. The van der Waals surface area contributed by atoms with Crippen LogP contribution in [0.4, 0.5) is 4.79 Å². The molecule has 0 radical (unpaired) electrons. The number of allylic oxidation sites excluding steroid dienone is 4. The van der Waals surface area contributed by atoms with E-state index in [1.807, 2.05) is 45.9 Å². The Morgan fingerprint density at radius 2 is 1.62 bits per heavy atom. The first kappa shape index (κ1) is 32.0. The molecule has 26 heavy (non-hydrogen) atoms. The molecule has 4 heteroatoms. The summed E-state index contributed by atoms with van der Waals surface area (Å²) in [4.78, 5) is 10.0. The molecule has 0 unspecified atom stereocenters. The Hall–Kier alpha value is -1.71. The van der Waals surface area contributed by atoms with Crippen LogP contribution in [0.15, 0.2) is 36.1 Å². The summed E-state index contributed by atoms with van der Waals surface area (Å²) < 4.78 is 10.1. The Bertz CT molecular complexity index is 377. The summed E-state index contributed by atoms with van der Waals surface area (Å²) in [6, 6.07) is 0. The summed E-state index contributed by atoms with van der Waals surface area (Å²) in [7, 11) is 0. The number of nitrogens with two attached hydrogens (primary N) is 1. The highest BCUT2D eigenvalue weighted by Crippen LogP contribution is 2.06. The van der Waals surface area contributed by atoms with Crippen LogP contribution in [0.1, 0.15) is 88.5 Å². The zero-order chi connectivity index (χ0) is 21.6. The average Bonchev–Trinajstić information content (AvgIpc) is 2.54. The second kappa shape index (κ2) is 23.3. The molecule has 0 aromatic rings. The fraction of sp³-hybridized carbons (Fsp3) is 0.682. The van der Waals surface area contributed by atoms with Crippen LogP contribution in [-0.4, -0.2) is 18.3 Å². The summed E-state index contributed by atoms with van der Waals surface area (Å²) >= 11 is 0. The number of hydrogen-bond acceptors (Lipinski definition) is 3. The average molecular weight is 372 g/mol. The summed E-state index contributed by atoms with van der Waals surface area (Å²) in [5.74, 6) is 0.936. The van der Waals surface area contributed by atoms with E-state index in [0.29, 0.717) is 0 Å². The number of hydrogen-bond donors (Lipinski definition) is 1. The lowest BCUT2D eigenvalue weighted by molar-refractivity contribution is 0.0600. The lowest BCUT2D eigenvalue weighted by Crippen LogP contribution is -2.27. The maximum atomic E-state index is 10.0. The predicted molar refractivity (Wildman–Crippen MR) is 116 cm³/mol. The molecule has 0 aliphatic carbocycles. The van der Waals surface area contributed by atoms with Gasteiger partial charge in [0.1, 0.15) is 11.4 Å². The van der Waals surface area contributed by atoms with Crippen molar-refractivity contribution in [2.24, 2.45) is 5.73 Å². The molecule has 0 spiro atoms. The second-order valence-electron chi connectivity index (χ2n) is 6.23. The molecule has 0 heterocycles. The van der Waals surface area contributed by atoms with Gasteiger partial charge in [-0.25, -0.2) is 4.79 Å². The van der Waals surface area contributed by atoms with Crippen LogP contribution in [0.3, 0.4) is 0 Å². The fourth-order valence-electron chi connectivity index (χ4n) is 1.13. The minimum atomic E-state index is -0.725. The Balaban J connectivity index is -0.000000158. The van der Waals surface area contributed by atoms with Crippen LogP contribution in [-0.2, 0) is 9.47 Å². The van der Waals surface area contributed by atoms with Crippen molar-refractivity contribution in [2.45, 2.75) is 94.1 Å². The van der Waals surface area contributed by atoms with E-state index in [4.69, 9.17) is 10.5 Å². The van der Waals surface area contributed by atoms with Gasteiger partial charge in [0.15, 0.2) is 0 Å². The zero-order valence-electron chi connectivity index (χ0n) is 19.1. The topological polar surface area (TPSA) is 61.6 Å². The van der Waals surface area contributed by atoms with Crippen LogP contribution in [0.25, 0.3) is 0 Å². The van der Waals surface area contributed by atoms with Crippen LogP contribution < -0.4 is 5.73 Å². The predicted octanol–water partition coefficient (Wildman–Crippen LogP) is 7.16. The number of primary amides is 1. The van der Waals surface area contributed by atoms with Crippen molar-refractivity contribution in [3.8, 4) is 0 Å². The molecule has 4 nitrogen and oxygen atoms in total. The SMILES string of the molecule is C=C/C(C)=C\C(=C/C)OCCCC.CC.CC(C)(C)OC(N)=O.CCC. The van der Waals surface area contributed by atoms with Crippen molar-refractivity contribution in [3.63, 3.8) is 0 Å². The van der Waals surface area contributed by atoms with Crippen LogP contribution in [0.5, 0.6) is 0 Å². The van der Waals surface area contributed by atoms with Crippen molar-refractivity contribution in [1.82, 2.24) is 0 Å². The quantitative estimate of drug-likeness (QED) is 0.306. The molecule has 0 atom stereocenters. The van der Waals surface area contributed by atoms with Gasteiger partial charge in [-0.2, -0.15) is 0 Å². The molecular formula is C22H45NO3. The zero-order valence-corrected chi connectivity index (χ0v) is 19.1. The molecule has 1 amide bonds. The first-order valence-corrected chi connectivity index (χ1v) is 9.66. The third kappa shape index (κ3) is 38.1. The van der Waals surface area contributed by atoms with Crippen LogP contribution in [0.2, 0.25) is 0 Å². The molecule has 0 fully saturated rings. The van der Waals surface area contributed by atoms with E-state index in [2.05, 4.69) is 32.1 Å². The number of carbonyl (C=O) groups excluding carboxylic acids is 1. The summed E-state index contributed by atoms with van der Waals surface area (Å²) in [6.07, 6.45) is 8.61. The molecule has 0 rings (SSSR count). The lowest BCUT2D eigenvalue weighted by atomic mass is 10.2. The van der Waals surface area contributed by atoms with Gasteiger partial charge in [-0.1, -0.05) is 60.1 Å². The Labute approximate surface area is 163 Å². The summed E-state index contributed by atoms with van der Waals surface area (Å²) in [5.41, 5.74) is 5.39. The van der Waals surface area contributed by atoms with Gasteiger partial charge in [-0.05, 0) is 58.8 Å². The first-order valence-electron chi connectivity index (χ1n) is 9.66. The number of ether oxygens (including phenoxy) is 2. The maximum absolute atomic E-state index is 10.0. The lowest BCUT2D eigenvalue weighted by Gasteiger charge is -2.16. The van der Waals surface area contributed by atoms with Gasteiger partial charge in [0.25, 0.3) is 0 Å². The molecule has 0 aromatic heterocycles. The van der Waals surface area contributed by atoms with Crippen molar-refractivity contribution in [2.75, 3.05) is 6.61 Å². The van der Waals surface area contributed by atoms with Crippen molar-refractivity contribution in [1.29, 1.82) is 0 Å². The normalized spacial score (nSPS) is 10.7. The highest BCUT2D eigenvalue weighted by Gasteiger charge is 2.12. The Morgan fingerprint density at radius 3 is 1.85 bits per heavy atom. The molecular weight excluding hydrogens is 326 g/mol. The van der Waals surface area contributed by atoms with Gasteiger partial charge in [-0.3, -0.25) is 0 Å². The van der Waals surface area contributed by atoms with E-state index < -0.39 is 11.7 Å². The minimum Gasteiger partial charge on any atom is -0.494 e. The van der Waals surface area contributed by atoms with Gasteiger partial charge >= 0.3 is 6.09 Å². The molecule has 0 aliphatic rings. The van der Waals surface area contributed by atoms with E-state index in [1.165, 1.54) is 12.8 Å². The Morgan fingerprint density at radius 1 is 1.15 bits per heavy atom. The minimum absolute atomic E-state index is 0.453. The molecule has 156 valence electrons. The third-order valence-corrected chi connectivity index (χ3v) is 2.15. The highest BCUT2D eigenvalue weighted by molar-refractivity contribution is 5.65. The standard InChI is InChI=1S/C12H20O.C5H11NO2.C3H8.C2H6/c1-5-8-9-13-12(7-3)10-11(4)6-2;1-5(2,3)8-4(6)7;1-3-2;1-2/h6-7,10H,2,5,8-9H2,1,3-4H3;1-3H3,(H2,6,7);3H2,1-2H3;1-2H3/b11-10-,12-7+;;;. The Kier molecular flexibility index (Phi) is 28.7. The van der Waals surface area contributed by atoms with Crippen molar-refractivity contribution < 1.29 is 14.3 Å². The smallest absolute Gasteiger partial charge is 0.405 e. The maximum Gasteiger partial charge on any atom is 0.405 e. The van der Waals surface area contributed by atoms with Gasteiger partial charge < -0.3 is 15.2 Å². The number of carbonyl (C=O) groups is 1. The molecule has 2 N–H and O–H groups in total. The van der Waals surface area contributed by atoms with Crippen LogP contribution >= 0.6 is 0 Å². The van der Waals surface area contributed by atoms with E-state index in [-0.39, 0.29) is 0 Å². The monoisotopic (exact) mass is 371 g/mol. The van der Waals surface area contributed by atoms with Crippen molar-refractivity contribution in [3.05, 3.63) is 36.1 Å². The van der Waals surface area contributed by atoms with Gasteiger partial charge in [0, 0.05) is 0 Å². The highest BCUT2D eigenvalue weighted by atomic mass is 16.6. The fourth-order valence-corrected chi connectivity index (χ4v) is 1.13. The van der Waals surface area contributed by atoms with Crippen LogP contribution in [0, 0.1) is 0 Å². The molecule has 0 aliphatic heterocycles. The van der Waals surface area contributed by atoms with Crippen molar-refractivity contribution >= 4 is 6.09 Å². The van der Waals surface area contributed by atoms with E-state index in [1.54, 1.807) is 20.8 Å². The summed E-state index contributed by atoms with van der Waals surface area (Å²) in [6.45, 7) is 24.2. The van der Waals surface area contributed by atoms with Gasteiger partial charge in [-0.15, -0.1) is 0 Å². The molecule has 0 aromatic carbocycles. The first-order chi connectivity index (χ1) is 12.1. The van der Waals surface area contributed by atoms with Gasteiger partial charge in [0.2, 0.25) is 0 Å². The van der Waals surface area contributed by atoms with E-state index in [0.717, 1.165) is 24.4 Å². The largest absolute Gasteiger partial charge is 0.494 e. The molecule has 0 saturated heterocycles. The third-order valence-electron chi connectivity index (χ3n) is 2.15. The van der Waals surface area contributed by atoms with E-state index >= 15 is 0 Å². The van der Waals surface area contributed by atoms with E-state index in [9.17, 15) is 4.79 Å². The molecule has 0 saturated carbocycles. The molecule has 0 bridgehead atoms. The van der Waals surface area contributed by atoms with Gasteiger partial charge in [0.05, 0.1) is 6.61 Å². The summed E-state index contributed by atoms with van der Waals surface area (Å²) in [5, 5.41) is 0. The number of rotatable bonds is 6.